The predicted octanol–water partition coefficient (Wildman–Crippen LogP) is 0.976. The van der Waals surface area contributed by atoms with Crippen LogP contribution in [0.25, 0.3) is 0 Å². The first kappa shape index (κ1) is 19.0. The van der Waals surface area contributed by atoms with Gasteiger partial charge in [-0.15, -0.1) is 0 Å². The third-order valence-electron chi connectivity index (χ3n) is 4.31. The monoisotopic (exact) mass is 399 g/mol. The quantitative estimate of drug-likeness (QED) is 0.743. The minimum Gasteiger partial charge on any atom is -0.371 e. The Morgan fingerprint density at radius 3 is 2.62 bits per heavy atom. The van der Waals surface area contributed by atoms with Crippen LogP contribution < -0.4 is 0 Å². The van der Waals surface area contributed by atoms with E-state index in [2.05, 4.69) is 5.10 Å². The molecular weight excluding hydrogens is 378 g/mol. The van der Waals surface area contributed by atoms with Crippen LogP contribution in [0.1, 0.15) is 18.6 Å². The highest BCUT2D eigenvalue weighted by molar-refractivity contribution is 7.91. The van der Waals surface area contributed by atoms with E-state index in [1.54, 1.807) is 24.1 Å². The van der Waals surface area contributed by atoms with Crippen molar-refractivity contribution in [3.05, 3.63) is 42.2 Å². The molecule has 1 aliphatic heterocycles. The Kier molecular flexibility index (Phi) is 5.20. The maximum atomic E-state index is 13.0. The van der Waals surface area contributed by atoms with Gasteiger partial charge in [0.15, 0.2) is 9.84 Å². The SMILES string of the molecule is CCS(=O)(=O)c1cccc(S(=O)(=O)N2CCO[C@H](c3cnn(C)c3)C2)c1. The summed E-state index contributed by atoms with van der Waals surface area (Å²) in [4.78, 5) is -0.0167. The highest BCUT2D eigenvalue weighted by atomic mass is 32.2. The highest BCUT2D eigenvalue weighted by Gasteiger charge is 2.32. The maximum Gasteiger partial charge on any atom is 0.243 e. The second-order valence-electron chi connectivity index (χ2n) is 6.05. The van der Waals surface area contributed by atoms with E-state index >= 15 is 0 Å². The molecule has 1 fully saturated rings. The lowest BCUT2D eigenvalue weighted by Crippen LogP contribution is -2.42. The highest BCUT2D eigenvalue weighted by Crippen LogP contribution is 2.27. The van der Waals surface area contributed by atoms with Crippen LogP contribution in [0.15, 0.2) is 46.5 Å². The van der Waals surface area contributed by atoms with Gasteiger partial charge in [0.25, 0.3) is 0 Å². The normalized spacial score (nSPS) is 19.5. The van der Waals surface area contributed by atoms with Crippen molar-refractivity contribution in [2.24, 2.45) is 7.05 Å². The molecule has 0 spiro atoms. The molecule has 0 bridgehead atoms. The molecule has 2 aromatic rings. The Balaban J connectivity index is 1.89. The number of hydrogen-bond acceptors (Lipinski definition) is 6. The molecule has 1 aliphatic rings. The Labute approximate surface area is 153 Å². The molecule has 26 heavy (non-hydrogen) atoms. The fourth-order valence-corrected chi connectivity index (χ4v) is 5.27. The first-order valence-electron chi connectivity index (χ1n) is 8.17. The van der Waals surface area contributed by atoms with E-state index in [4.69, 9.17) is 4.74 Å². The van der Waals surface area contributed by atoms with Crippen molar-refractivity contribution in [1.29, 1.82) is 0 Å². The van der Waals surface area contributed by atoms with Crippen LogP contribution in [-0.4, -0.2) is 56.4 Å². The van der Waals surface area contributed by atoms with Gasteiger partial charge in [-0.1, -0.05) is 13.0 Å². The van der Waals surface area contributed by atoms with Crippen LogP contribution in [0.4, 0.5) is 0 Å². The molecule has 0 saturated carbocycles. The number of sulfone groups is 1. The van der Waals surface area contributed by atoms with Gasteiger partial charge in [-0.25, -0.2) is 16.8 Å². The summed E-state index contributed by atoms with van der Waals surface area (Å²) in [5.41, 5.74) is 0.801. The summed E-state index contributed by atoms with van der Waals surface area (Å²) < 4.78 is 58.7. The van der Waals surface area contributed by atoms with Gasteiger partial charge in [-0.2, -0.15) is 9.40 Å². The third kappa shape index (κ3) is 3.68. The smallest absolute Gasteiger partial charge is 0.243 e. The van der Waals surface area contributed by atoms with Crippen molar-refractivity contribution in [2.75, 3.05) is 25.4 Å². The van der Waals surface area contributed by atoms with E-state index < -0.39 is 26.0 Å². The fourth-order valence-electron chi connectivity index (χ4n) is 2.80. The van der Waals surface area contributed by atoms with E-state index in [0.717, 1.165) is 5.56 Å². The molecule has 1 saturated heterocycles. The molecule has 0 N–H and O–H groups in total. The van der Waals surface area contributed by atoms with Crippen LogP contribution in [0.3, 0.4) is 0 Å². The van der Waals surface area contributed by atoms with Crippen molar-refractivity contribution in [2.45, 2.75) is 22.8 Å². The molecule has 1 atom stereocenters. The van der Waals surface area contributed by atoms with Crippen LogP contribution >= 0.6 is 0 Å². The fraction of sp³-hybridized carbons (Fsp3) is 0.438. The summed E-state index contributed by atoms with van der Waals surface area (Å²) in [7, 11) is -5.53. The van der Waals surface area contributed by atoms with Gasteiger partial charge in [0.2, 0.25) is 10.0 Å². The van der Waals surface area contributed by atoms with Gasteiger partial charge in [0.05, 0.1) is 34.5 Å². The second-order valence-corrected chi connectivity index (χ2v) is 10.3. The van der Waals surface area contributed by atoms with Gasteiger partial charge in [-0.3, -0.25) is 4.68 Å². The number of aromatic nitrogens is 2. The molecule has 0 amide bonds. The molecule has 0 radical (unpaired) electrons. The number of benzene rings is 1. The molecule has 0 aliphatic carbocycles. The summed E-state index contributed by atoms with van der Waals surface area (Å²) >= 11 is 0. The Bertz CT molecular complexity index is 998. The first-order valence-corrected chi connectivity index (χ1v) is 11.3. The number of morpholine rings is 1. The summed E-state index contributed by atoms with van der Waals surface area (Å²) in [6.45, 7) is 2.14. The summed E-state index contributed by atoms with van der Waals surface area (Å²) in [6, 6.07) is 5.51. The van der Waals surface area contributed by atoms with Gasteiger partial charge < -0.3 is 4.74 Å². The molecule has 2 heterocycles. The average molecular weight is 399 g/mol. The number of sulfonamides is 1. The molecule has 1 aromatic heterocycles. The topological polar surface area (TPSA) is 98.6 Å². The van der Waals surface area contributed by atoms with Gasteiger partial charge >= 0.3 is 0 Å². The summed E-state index contributed by atoms with van der Waals surface area (Å²) in [5, 5.41) is 4.09. The molecule has 0 unspecified atom stereocenters. The first-order chi connectivity index (χ1) is 12.2. The number of ether oxygens (including phenoxy) is 1. The third-order valence-corrected chi connectivity index (χ3v) is 7.90. The van der Waals surface area contributed by atoms with E-state index in [9.17, 15) is 16.8 Å². The van der Waals surface area contributed by atoms with E-state index in [0.29, 0.717) is 0 Å². The minimum absolute atomic E-state index is 0.0122. The van der Waals surface area contributed by atoms with Crippen molar-refractivity contribution < 1.29 is 21.6 Å². The number of nitrogens with zero attached hydrogens (tertiary/aromatic N) is 3. The zero-order valence-electron chi connectivity index (χ0n) is 14.6. The number of rotatable bonds is 5. The molecule has 3 rings (SSSR count). The van der Waals surface area contributed by atoms with Gasteiger partial charge in [0, 0.05) is 31.9 Å². The van der Waals surface area contributed by atoms with Gasteiger partial charge in [-0.05, 0) is 18.2 Å². The van der Waals surface area contributed by atoms with Crippen molar-refractivity contribution >= 4 is 19.9 Å². The molecule has 8 nitrogen and oxygen atoms in total. The largest absolute Gasteiger partial charge is 0.371 e. The second kappa shape index (κ2) is 7.10. The minimum atomic E-state index is -3.83. The van der Waals surface area contributed by atoms with Crippen LogP contribution in [0.2, 0.25) is 0 Å². The van der Waals surface area contributed by atoms with Crippen LogP contribution in [0, 0.1) is 0 Å². The molecular formula is C16H21N3O5S2. The lowest BCUT2D eigenvalue weighted by molar-refractivity contribution is -0.00259. The Morgan fingerprint density at radius 1 is 1.23 bits per heavy atom. The van der Waals surface area contributed by atoms with Gasteiger partial charge in [0.1, 0.15) is 0 Å². The summed E-state index contributed by atoms with van der Waals surface area (Å²) in [6.07, 6.45) is 3.03. The molecule has 142 valence electrons. The van der Waals surface area contributed by atoms with Crippen molar-refractivity contribution in [1.82, 2.24) is 14.1 Å². The maximum absolute atomic E-state index is 13.0. The zero-order valence-corrected chi connectivity index (χ0v) is 16.2. The predicted molar refractivity (Wildman–Crippen MR) is 94.8 cm³/mol. The lowest BCUT2D eigenvalue weighted by atomic mass is 10.2. The van der Waals surface area contributed by atoms with Crippen molar-refractivity contribution in [3.63, 3.8) is 0 Å². The van der Waals surface area contributed by atoms with Crippen LogP contribution in [0.5, 0.6) is 0 Å². The van der Waals surface area contributed by atoms with E-state index in [1.807, 2.05) is 0 Å². The lowest BCUT2D eigenvalue weighted by Gasteiger charge is -2.31. The Morgan fingerprint density at radius 2 is 1.96 bits per heavy atom. The van der Waals surface area contributed by atoms with Crippen LogP contribution in [-0.2, 0) is 31.6 Å². The van der Waals surface area contributed by atoms with Crippen molar-refractivity contribution in [3.8, 4) is 0 Å². The van der Waals surface area contributed by atoms with E-state index in [1.165, 1.54) is 35.5 Å². The van der Waals surface area contributed by atoms with E-state index in [-0.39, 0.29) is 35.2 Å². The zero-order chi connectivity index (χ0) is 18.9. The molecule has 10 heteroatoms. The number of aryl methyl sites for hydroxylation is 1. The summed E-state index contributed by atoms with van der Waals surface area (Å²) in [5.74, 6) is -0.0862. The molecule has 1 aromatic carbocycles. The Hall–Kier alpha value is -1.75. The number of hydrogen-bond donors (Lipinski definition) is 0. The standard InChI is InChI=1S/C16H21N3O5S2/c1-3-25(20,21)14-5-4-6-15(9-14)26(22,23)19-7-8-24-16(12-19)13-10-17-18(2)11-13/h4-6,9-11,16H,3,7-8,12H2,1-2H3/t16-/m0/s1. The average Bonchev–Trinajstić information content (AvgIpc) is 3.08.